The molecule has 3 aromatic rings. The van der Waals surface area contributed by atoms with E-state index in [1.54, 1.807) is 7.11 Å². The largest absolute Gasteiger partial charge is 0.513 e. The van der Waals surface area contributed by atoms with Gasteiger partial charge in [-0.3, -0.25) is 0 Å². The van der Waals surface area contributed by atoms with Gasteiger partial charge in [0.15, 0.2) is 0 Å². The van der Waals surface area contributed by atoms with Crippen LogP contribution in [0.1, 0.15) is 43.0 Å². The zero-order valence-electron chi connectivity index (χ0n) is 20.5. The Morgan fingerprint density at radius 1 is 1.20 bits per heavy atom. The fraction of sp³-hybridized carbons (Fsp3) is 0.393. The van der Waals surface area contributed by atoms with Crippen molar-refractivity contribution in [1.82, 2.24) is 20.1 Å². The first-order chi connectivity index (χ1) is 17.1. The van der Waals surface area contributed by atoms with E-state index in [0.29, 0.717) is 26.2 Å². The number of likely N-dealkylation sites (tertiary alicyclic amines) is 1. The lowest BCUT2D eigenvalue weighted by atomic mass is 9.69. The molecule has 0 saturated carbocycles. The Bertz CT molecular complexity index is 1230. The van der Waals surface area contributed by atoms with E-state index >= 15 is 0 Å². The molecule has 0 unspecified atom stereocenters. The molecule has 1 fully saturated rings. The molecule has 7 nitrogen and oxygen atoms in total. The molecule has 2 aliphatic rings. The van der Waals surface area contributed by atoms with Crippen LogP contribution in [0.5, 0.6) is 5.75 Å². The van der Waals surface area contributed by atoms with Crippen LogP contribution < -0.4 is 10.1 Å². The first kappa shape index (κ1) is 23.1. The number of ether oxygens (including phenoxy) is 1. The average molecular weight is 475 g/mol. The molecular weight excluding hydrogens is 440 g/mol. The minimum Gasteiger partial charge on any atom is -0.513 e. The standard InChI is InChI=1S/C28H34N4O3/c1-3-13-29-27(34)31-14-11-28(12-15-31)19-32(17-20-7-5-4-6-8-20)24(18-33)26-25(28)22-10-9-21(35-2)16-23(22)30-26/h4-10,16,18,30,33H,3,11-15,17,19H2,1-2H3,(H,29,34)/b24-18-. The van der Waals surface area contributed by atoms with Crippen LogP contribution in [0.3, 0.4) is 0 Å². The number of benzene rings is 2. The number of aliphatic hydroxyl groups is 1. The Labute approximate surface area is 206 Å². The van der Waals surface area contributed by atoms with Crippen molar-refractivity contribution in [1.29, 1.82) is 0 Å². The van der Waals surface area contributed by atoms with Crippen LogP contribution >= 0.6 is 0 Å². The molecule has 1 saturated heterocycles. The molecule has 1 spiro atoms. The summed E-state index contributed by atoms with van der Waals surface area (Å²) in [5.74, 6) is 0.795. The number of aromatic amines is 1. The first-order valence-corrected chi connectivity index (χ1v) is 12.4. The molecule has 1 aromatic heterocycles. The van der Waals surface area contributed by atoms with Gasteiger partial charge in [0.05, 0.1) is 18.5 Å². The van der Waals surface area contributed by atoms with Crippen molar-refractivity contribution in [2.24, 2.45) is 0 Å². The number of rotatable bonds is 5. The summed E-state index contributed by atoms with van der Waals surface area (Å²) < 4.78 is 5.47. The lowest BCUT2D eigenvalue weighted by Gasteiger charge is -2.49. The van der Waals surface area contributed by atoms with Gasteiger partial charge in [0.2, 0.25) is 0 Å². The van der Waals surface area contributed by atoms with Crippen molar-refractivity contribution < 1.29 is 14.6 Å². The second kappa shape index (κ2) is 9.56. The van der Waals surface area contributed by atoms with Crippen LogP contribution in [-0.2, 0) is 12.0 Å². The summed E-state index contributed by atoms with van der Waals surface area (Å²) in [5.41, 5.74) is 5.06. The zero-order chi connectivity index (χ0) is 24.4. The highest BCUT2D eigenvalue weighted by Gasteiger charge is 2.46. The summed E-state index contributed by atoms with van der Waals surface area (Å²) in [6.07, 6.45) is 3.88. The Morgan fingerprint density at radius 3 is 2.66 bits per heavy atom. The molecule has 5 rings (SSSR count). The van der Waals surface area contributed by atoms with E-state index in [2.05, 4.69) is 40.3 Å². The molecule has 2 aliphatic heterocycles. The number of amides is 2. The quantitative estimate of drug-likeness (QED) is 0.455. The molecule has 0 bridgehead atoms. The highest BCUT2D eigenvalue weighted by Crippen LogP contribution is 2.49. The minimum absolute atomic E-state index is 0.0264. The van der Waals surface area contributed by atoms with Gasteiger partial charge in [-0.15, -0.1) is 0 Å². The van der Waals surface area contributed by atoms with E-state index in [9.17, 15) is 9.90 Å². The summed E-state index contributed by atoms with van der Waals surface area (Å²) in [6, 6.07) is 16.5. The molecular formula is C28H34N4O3. The first-order valence-electron chi connectivity index (χ1n) is 12.4. The normalized spacial score (nSPS) is 18.2. The maximum Gasteiger partial charge on any atom is 0.317 e. The number of fused-ring (bicyclic) bond motifs is 4. The fourth-order valence-corrected chi connectivity index (χ4v) is 5.72. The number of carbonyl (C=O) groups is 1. The fourth-order valence-electron chi connectivity index (χ4n) is 5.72. The van der Waals surface area contributed by atoms with E-state index in [1.165, 1.54) is 17.4 Å². The third kappa shape index (κ3) is 4.20. The van der Waals surface area contributed by atoms with Crippen molar-refractivity contribution in [3.63, 3.8) is 0 Å². The third-order valence-corrected chi connectivity index (χ3v) is 7.50. The van der Waals surface area contributed by atoms with Gasteiger partial charge < -0.3 is 29.9 Å². The molecule has 3 heterocycles. The molecule has 0 radical (unpaired) electrons. The molecule has 35 heavy (non-hydrogen) atoms. The molecule has 2 aromatic carbocycles. The van der Waals surface area contributed by atoms with Gasteiger partial charge in [0, 0.05) is 55.1 Å². The molecule has 7 heteroatoms. The smallest absolute Gasteiger partial charge is 0.317 e. The topological polar surface area (TPSA) is 80.8 Å². The van der Waals surface area contributed by atoms with E-state index in [-0.39, 0.29) is 11.4 Å². The SMILES string of the molecule is CCCNC(=O)N1CCC2(CC1)CN(Cc1ccccc1)/C(=C\O)c1[nH]c3cc(OC)ccc3c12. The number of urea groups is 1. The maximum atomic E-state index is 12.7. The van der Waals surface area contributed by atoms with Gasteiger partial charge in [-0.25, -0.2) is 4.79 Å². The van der Waals surface area contributed by atoms with Gasteiger partial charge >= 0.3 is 6.03 Å². The zero-order valence-corrected chi connectivity index (χ0v) is 20.5. The van der Waals surface area contributed by atoms with Crippen molar-refractivity contribution in [2.75, 3.05) is 33.3 Å². The van der Waals surface area contributed by atoms with Gasteiger partial charge in [-0.05, 0) is 42.5 Å². The number of aliphatic hydroxyl groups excluding tert-OH is 1. The number of methoxy groups -OCH3 is 1. The number of hydrogen-bond donors (Lipinski definition) is 3. The summed E-state index contributed by atoms with van der Waals surface area (Å²) in [5, 5.41) is 14.6. The molecule has 0 aliphatic carbocycles. The van der Waals surface area contributed by atoms with Crippen LogP contribution in [0.15, 0.2) is 54.8 Å². The van der Waals surface area contributed by atoms with Gasteiger partial charge in [0.25, 0.3) is 0 Å². The van der Waals surface area contributed by atoms with E-state index in [1.807, 2.05) is 35.2 Å². The van der Waals surface area contributed by atoms with Crippen molar-refractivity contribution in [3.05, 3.63) is 71.6 Å². The van der Waals surface area contributed by atoms with E-state index < -0.39 is 0 Å². The van der Waals surface area contributed by atoms with Crippen LogP contribution in [0.4, 0.5) is 4.79 Å². The highest BCUT2D eigenvalue weighted by atomic mass is 16.5. The van der Waals surface area contributed by atoms with Crippen molar-refractivity contribution in [2.45, 2.75) is 38.1 Å². The number of H-pyrrole nitrogens is 1. The number of hydrogen-bond acceptors (Lipinski definition) is 4. The van der Waals surface area contributed by atoms with Crippen molar-refractivity contribution >= 4 is 22.6 Å². The number of aromatic nitrogens is 1. The molecule has 2 amide bonds. The number of nitrogens with zero attached hydrogens (tertiary/aromatic N) is 2. The van der Waals surface area contributed by atoms with E-state index in [0.717, 1.165) is 53.9 Å². The van der Waals surface area contributed by atoms with Crippen LogP contribution in [0.2, 0.25) is 0 Å². The van der Waals surface area contributed by atoms with Gasteiger partial charge in [-0.1, -0.05) is 37.3 Å². The molecule has 184 valence electrons. The number of piperidine rings is 1. The number of carbonyl (C=O) groups excluding carboxylic acids is 1. The van der Waals surface area contributed by atoms with Crippen molar-refractivity contribution in [3.8, 4) is 5.75 Å². The monoisotopic (exact) mass is 474 g/mol. The van der Waals surface area contributed by atoms with E-state index in [4.69, 9.17) is 4.74 Å². The molecule has 0 atom stereocenters. The summed E-state index contributed by atoms with van der Waals surface area (Å²) in [4.78, 5) is 20.5. The highest BCUT2D eigenvalue weighted by molar-refractivity contribution is 5.92. The van der Waals surface area contributed by atoms with Gasteiger partial charge in [-0.2, -0.15) is 0 Å². The van der Waals surface area contributed by atoms with Crippen LogP contribution in [0.25, 0.3) is 16.6 Å². The van der Waals surface area contributed by atoms with Crippen LogP contribution in [-0.4, -0.2) is 59.2 Å². The molecule has 3 N–H and O–H groups in total. The summed E-state index contributed by atoms with van der Waals surface area (Å²) in [6.45, 7) is 5.65. The van der Waals surface area contributed by atoms with Gasteiger partial charge in [0.1, 0.15) is 12.0 Å². The second-order valence-corrected chi connectivity index (χ2v) is 9.64. The minimum atomic E-state index is -0.134. The Balaban J connectivity index is 1.55. The Morgan fingerprint density at radius 2 is 1.97 bits per heavy atom. The number of nitrogens with one attached hydrogen (secondary N) is 2. The predicted molar refractivity (Wildman–Crippen MR) is 138 cm³/mol. The lowest BCUT2D eigenvalue weighted by molar-refractivity contribution is 0.135. The van der Waals surface area contributed by atoms with Crippen LogP contribution in [0, 0.1) is 0 Å². The lowest BCUT2D eigenvalue weighted by Crippen LogP contribution is -2.54. The predicted octanol–water partition coefficient (Wildman–Crippen LogP) is 5.00. The second-order valence-electron chi connectivity index (χ2n) is 9.64. The summed E-state index contributed by atoms with van der Waals surface area (Å²) in [7, 11) is 1.67. The Hall–Kier alpha value is -3.61. The Kier molecular flexibility index (Phi) is 6.32. The average Bonchev–Trinajstić information content (AvgIpc) is 3.28. The third-order valence-electron chi connectivity index (χ3n) is 7.50. The maximum absolute atomic E-state index is 12.7. The summed E-state index contributed by atoms with van der Waals surface area (Å²) >= 11 is 0.